The smallest absolute Gasteiger partial charge is 0.0249 e. The molecule has 78 valence electrons. The van der Waals surface area contributed by atoms with Crippen molar-refractivity contribution in [1.82, 2.24) is 0 Å². The Labute approximate surface area is 97.0 Å². The van der Waals surface area contributed by atoms with E-state index in [1.807, 2.05) is 30.3 Å². The largest absolute Gasteiger partial charge is 0.0695 e. The Morgan fingerprint density at radius 2 is 1.88 bits per heavy atom. The van der Waals surface area contributed by atoms with Gasteiger partial charge >= 0.3 is 0 Å². The molecule has 1 aromatic carbocycles. The fourth-order valence-corrected chi connectivity index (χ4v) is 1.48. The van der Waals surface area contributed by atoms with Gasteiger partial charge in [0.1, 0.15) is 0 Å². The molecule has 2 rings (SSSR count). The third kappa shape index (κ3) is 3.00. The second-order valence-electron chi connectivity index (χ2n) is 3.85. The van der Waals surface area contributed by atoms with Gasteiger partial charge in [0.25, 0.3) is 0 Å². The van der Waals surface area contributed by atoms with Crippen LogP contribution in [0.5, 0.6) is 0 Å². The maximum absolute atomic E-state index is 3.19. The molecule has 0 nitrogen and oxygen atoms in total. The zero-order valence-electron chi connectivity index (χ0n) is 9.40. The molecule has 0 fully saturated rings. The average Bonchev–Trinajstić information content (AvgIpc) is 2.53. The number of hydrogen-bond donors (Lipinski definition) is 0. The highest BCUT2D eigenvalue weighted by Crippen LogP contribution is 2.10. The molecule has 0 N–H and O–H groups in total. The average molecular weight is 206 g/mol. The molecule has 1 aromatic rings. The Bertz CT molecular complexity index is 502. The monoisotopic (exact) mass is 206 g/mol. The van der Waals surface area contributed by atoms with Crippen LogP contribution >= 0.6 is 0 Å². The van der Waals surface area contributed by atoms with Gasteiger partial charge in [0, 0.05) is 11.1 Å². The Hall–Kier alpha value is -2.00. The fourth-order valence-electron chi connectivity index (χ4n) is 1.48. The van der Waals surface area contributed by atoms with Crippen molar-refractivity contribution in [2.24, 2.45) is 0 Å². The van der Waals surface area contributed by atoms with Crippen molar-refractivity contribution in [2.45, 2.75) is 13.3 Å². The van der Waals surface area contributed by atoms with Crippen LogP contribution < -0.4 is 0 Å². The molecule has 1 aliphatic rings. The maximum atomic E-state index is 3.19. The molecule has 1 aliphatic carbocycles. The molecular weight excluding hydrogens is 192 g/mol. The molecule has 0 saturated carbocycles. The van der Waals surface area contributed by atoms with Crippen LogP contribution in [0.3, 0.4) is 0 Å². The summed E-state index contributed by atoms with van der Waals surface area (Å²) in [5, 5.41) is 0. The lowest BCUT2D eigenvalue weighted by Gasteiger charge is -1.91. The minimum absolute atomic E-state index is 0.992. The van der Waals surface area contributed by atoms with Gasteiger partial charge in [-0.1, -0.05) is 53.8 Å². The molecule has 0 amide bonds. The molecule has 0 heteroatoms. The normalized spacial score (nSPS) is 14.3. The van der Waals surface area contributed by atoms with Crippen LogP contribution in [0.2, 0.25) is 0 Å². The first kappa shape index (κ1) is 10.5. The van der Waals surface area contributed by atoms with Crippen LogP contribution in [-0.2, 0) is 0 Å². The highest BCUT2D eigenvalue weighted by molar-refractivity contribution is 5.46. The molecule has 0 saturated heterocycles. The highest BCUT2D eigenvalue weighted by Gasteiger charge is 1.92. The first-order valence-electron chi connectivity index (χ1n) is 5.46. The van der Waals surface area contributed by atoms with Gasteiger partial charge in [-0.3, -0.25) is 0 Å². The Morgan fingerprint density at radius 1 is 1.06 bits per heavy atom. The lowest BCUT2D eigenvalue weighted by atomic mass is 10.1. The van der Waals surface area contributed by atoms with Gasteiger partial charge in [0.05, 0.1) is 0 Å². The minimum Gasteiger partial charge on any atom is -0.0695 e. The van der Waals surface area contributed by atoms with E-state index in [2.05, 4.69) is 43.1 Å². The minimum atomic E-state index is 0.992. The number of allylic oxidation sites excluding steroid dienone is 6. The summed E-state index contributed by atoms with van der Waals surface area (Å²) in [5.74, 6) is 6.35. The van der Waals surface area contributed by atoms with Crippen molar-refractivity contribution in [2.75, 3.05) is 0 Å². The third-order valence-electron chi connectivity index (χ3n) is 2.43. The number of rotatable bonds is 0. The van der Waals surface area contributed by atoms with E-state index >= 15 is 0 Å². The van der Waals surface area contributed by atoms with E-state index in [1.165, 1.54) is 5.57 Å². The van der Waals surface area contributed by atoms with Crippen molar-refractivity contribution in [1.29, 1.82) is 0 Å². The molecule has 0 spiro atoms. The quantitative estimate of drug-likeness (QED) is 0.565. The highest BCUT2D eigenvalue weighted by atomic mass is 14.0. The molecule has 0 atom stereocenters. The standard InChI is InChI=1S/C16H14/c1-14-6-5-9-16(11-10-14)13-12-15-7-3-2-4-8-15/h2-9,11H,10H2,1H3. The fraction of sp³-hybridized carbons (Fsp3) is 0.125. The molecule has 0 bridgehead atoms. The van der Waals surface area contributed by atoms with E-state index < -0.39 is 0 Å². The summed E-state index contributed by atoms with van der Waals surface area (Å²) in [5.41, 5.74) is 3.52. The summed E-state index contributed by atoms with van der Waals surface area (Å²) >= 11 is 0. The van der Waals surface area contributed by atoms with Crippen LogP contribution in [0, 0.1) is 11.8 Å². The maximum Gasteiger partial charge on any atom is 0.0249 e. The van der Waals surface area contributed by atoms with Crippen LogP contribution in [0.15, 0.2) is 65.8 Å². The third-order valence-corrected chi connectivity index (χ3v) is 2.43. The van der Waals surface area contributed by atoms with Crippen molar-refractivity contribution in [3.8, 4) is 11.8 Å². The molecule has 16 heavy (non-hydrogen) atoms. The van der Waals surface area contributed by atoms with E-state index in [9.17, 15) is 0 Å². The van der Waals surface area contributed by atoms with Crippen molar-refractivity contribution >= 4 is 0 Å². The van der Waals surface area contributed by atoms with Gasteiger partial charge in [-0.2, -0.15) is 0 Å². The zero-order valence-corrected chi connectivity index (χ0v) is 9.40. The number of hydrogen-bond acceptors (Lipinski definition) is 0. The van der Waals surface area contributed by atoms with Crippen LogP contribution in [-0.4, -0.2) is 0 Å². The van der Waals surface area contributed by atoms with Gasteiger partial charge in [-0.25, -0.2) is 0 Å². The molecule has 0 aliphatic heterocycles. The van der Waals surface area contributed by atoms with Gasteiger partial charge in [0.15, 0.2) is 0 Å². The lowest BCUT2D eigenvalue weighted by molar-refractivity contribution is 1.21. The summed E-state index contributed by atoms with van der Waals surface area (Å²) in [6, 6.07) is 10.1. The Kier molecular flexibility index (Phi) is 3.41. The van der Waals surface area contributed by atoms with Gasteiger partial charge in [0.2, 0.25) is 0 Å². The lowest BCUT2D eigenvalue weighted by Crippen LogP contribution is -1.75. The van der Waals surface area contributed by atoms with Gasteiger partial charge in [-0.15, -0.1) is 0 Å². The summed E-state index contributed by atoms with van der Waals surface area (Å²) in [6.45, 7) is 2.13. The molecule has 0 heterocycles. The molecule has 0 unspecified atom stereocenters. The van der Waals surface area contributed by atoms with Crippen molar-refractivity contribution in [3.05, 3.63) is 71.3 Å². The predicted octanol–water partition coefficient (Wildman–Crippen LogP) is 3.87. The molecule has 0 aromatic heterocycles. The van der Waals surface area contributed by atoms with Gasteiger partial charge < -0.3 is 0 Å². The zero-order chi connectivity index (χ0) is 11.2. The first-order chi connectivity index (χ1) is 7.84. The summed E-state index contributed by atoms with van der Waals surface area (Å²) in [6.07, 6.45) is 9.42. The van der Waals surface area contributed by atoms with E-state index in [1.54, 1.807) is 0 Å². The summed E-state index contributed by atoms with van der Waals surface area (Å²) in [4.78, 5) is 0. The van der Waals surface area contributed by atoms with Crippen molar-refractivity contribution < 1.29 is 0 Å². The first-order valence-corrected chi connectivity index (χ1v) is 5.46. The van der Waals surface area contributed by atoms with E-state index in [-0.39, 0.29) is 0 Å². The second-order valence-corrected chi connectivity index (χ2v) is 3.85. The predicted molar refractivity (Wildman–Crippen MR) is 68.9 cm³/mol. The van der Waals surface area contributed by atoms with E-state index in [0.29, 0.717) is 0 Å². The topological polar surface area (TPSA) is 0 Å². The summed E-state index contributed by atoms with van der Waals surface area (Å²) < 4.78 is 0. The van der Waals surface area contributed by atoms with E-state index in [0.717, 1.165) is 17.6 Å². The Balaban J connectivity index is 2.15. The van der Waals surface area contributed by atoms with Crippen LogP contribution in [0.4, 0.5) is 0 Å². The van der Waals surface area contributed by atoms with Gasteiger partial charge in [-0.05, 0) is 31.6 Å². The molecule has 0 radical (unpaired) electrons. The summed E-state index contributed by atoms with van der Waals surface area (Å²) in [7, 11) is 0. The van der Waals surface area contributed by atoms with Crippen LogP contribution in [0.1, 0.15) is 18.9 Å². The molecular formula is C16H14. The Morgan fingerprint density at radius 3 is 2.69 bits per heavy atom. The van der Waals surface area contributed by atoms with Crippen molar-refractivity contribution in [3.63, 3.8) is 0 Å². The number of benzene rings is 1. The SMILES string of the molecule is CC1=CC=CC(C#Cc2ccccc2)=CC1. The van der Waals surface area contributed by atoms with Crippen LogP contribution in [0.25, 0.3) is 0 Å². The second kappa shape index (κ2) is 5.19. The van der Waals surface area contributed by atoms with E-state index in [4.69, 9.17) is 0 Å².